The maximum Gasteiger partial charge on any atom is 0.333 e. The molecule has 0 spiro atoms. The van der Waals surface area contributed by atoms with Crippen LogP contribution >= 0.6 is 11.3 Å². The number of rotatable bonds is 6. The van der Waals surface area contributed by atoms with Gasteiger partial charge in [0.05, 0.1) is 25.0 Å². The molecule has 2 N–H and O–H groups in total. The highest BCUT2D eigenvalue weighted by Gasteiger charge is 2.18. The van der Waals surface area contributed by atoms with Crippen molar-refractivity contribution in [1.82, 2.24) is 19.9 Å². The Morgan fingerprint density at radius 3 is 2.59 bits per heavy atom. The van der Waals surface area contributed by atoms with Gasteiger partial charge in [-0.1, -0.05) is 42.5 Å². The number of nitrogens with one attached hydrogen (secondary N) is 2. The minimum absolute atomic E-state index is 0.180. The Labute approximate surface area is 187 Å². The van der Waals surface area contributed by atoms with Crippen LogP contribution in [-0.2, 0) is 6.54 Å². The normalized spacial score (nSPS) is 10.7. The molecule has 9 heteroatoms. The summed E-state index contributed by atoms with van der Waals surface area (Å²) in [4.78, 5) is 46.0. The van der Waals surface area contributed by atoms with Gasteiger partial charge in [-0.2, -0.15) is 0 Å². The zero-order chi connectivity index (χ0) is 22.7. The van der Waals surface area contributed by atoms with E-state index in [1.807, 2.05) is 37.3 Å². The first kappa shape index (κ1) is 21.3. The number of para-hydroxylation sites is 2. The van der Waals surface area contributed by atoms with Crippen molar-refractivity contribution in [2.24, 2.45) is 0 Å². The number of hydrogen-bond donors (Lipinski definition) is 2. The number of amides is 1. The molecule has 1 amide bonds. The smallest absolute Gasteiger partial charge is 0.333 e. The fraction of sp³-hybridized carbons (Fsp3) is 0.130. The molecule has 2 aromatic heterocycles. The lowest BCUT2D eigenvalue weighted by Gasteiger charge is -2.11. The standard InChI is InChI=1S/C23H20N4O4S/c1-14-19(32-21(26-14)15-8-4-3-5-9-15)13-24-20(28)16-12-25-23(30)27(22(16)29)17-10-6-7-11-18(17)31-2/h3-12H,13H2,1-2H3,(H,24,28)(H,25,30). The quantitative estimate of drug-likeness (QED) is 0.472. The van der Waals surface area contributed by atoms with E-state index < -0.39 is 17.2 Å². The van der Waals surface area contributed by atoms with E-state index in [0.717, 1.165) is 31.9 Å². The summed E-state index contributed by atoms with van der Waals surface area (Å²) >= 11 is 1.48. The first-order valence-corrected chi connectivity index (χ1v) is 10.6. The Hall–Kier alpha value is -3.98. The molecule has 8 nitrogen and oxygen atoms in total. The van der Waals surface area contributed by atoms with Crippen LogP contribution in [0.25, 0.3) is 16.3 Å². The molecule has 0 radical (unpaired) electrons. The lowest BCUT2D eigenvalue weighted by molar-refractivity contribution is 0.0949. The third-order valence-corrected chi connectivity index (χ3v) is 6.08. The van der Waals surface area contributed by atoms with Crippen molar-refractivity contribution in [3.63, 3.8) is 0 Å². The number of hydrogen-bond acceptors (Lipinski definition) is 6. The van der Waals surface area contributed by atoms with E-state index in [4.69, 9.17) is 4.74 Å². The Morgan fingerprint density at radius 1 is 1.12 bits per heavy atom. The van der Waals surface area contributed by atoms with E-state index in [-0.39, 0.29) is 17.8 Å². The number of methoxy groups -OCH3 is 1. The molecule has 0 bridgehead atoms. The predicted octanol–water partition coefficient (Wildman–Crippen LogP) is 2.90. The maximum atomic E-state index is 13.0. The molecular weight excluding hydrogens is 428 g/mol. The van der Waals surface area contributed by atoms with Gasteiger partial charge in [0.1, 0.15) is 16.3 Å². The summed E-state index contributed by atoms with van der Waals surface area (Å²) in [5, 5.41) is 3.61. The summed E-state index contributed by atoms with van der Waals surface area (Å²) in [5.41, 5.74) is 0.479. The number of aromatic amines is 1. The van der Waals surface area contributed by atoms with E-state index in [9.17, 15) is 14.4 Å². The molecule has 0 unspecified atom stereocenters. The van der Waals surface area contributed by atoms with Gasteiger partial charge in [0.25, 0.3) is 11.5 Å². The highest BCUT2D eigenvalue weighted by molar-refractivity contribution is 7.15. The van der Waals surface area contributed by atoms with Crippen LogP contribution in [0.1, 0.15) is 20.9 Å². The topological polar surface area (TPSA) is 106 Å². The summed E-state index contributed by atoms with van der Waals surface area (Å²) in [7, 11) is 1.44. The van der Waals surface area contributed by atoms with Crippen molar-refractivity contribution < 1.29 is 9.53 Å². The summed E-state index contributed by atoms with van der Waals surface area (Å²) in [6.07, 6.45) is 1.13. The minimum Gasteiger partial charge on any atom is -0.495 e. The van der Waals surface area contributed by atoms with Crippen LogP contribution in [0.3, 0.4) is 0 Å². The lowest BCUT2D eigenvalue weighted by Crippen LogP contribution is -2.39. The Bertz CT molecular complexity index is 1390. The number of benzene rings is 2. The second-order valence-corrected chi connectivity index (χ2v) is 7.98. The van der Waals surface area contributed by atoms with E-state index in [1.165, 1.54) is 18.4 Å². The molecule has 162 valence electrons. The first-order chi connectivity index (χ1) is 15.5. The fourth-order valence-corrected chi connectivity index (χ4v) is 4.23. The number of nitrogens with zero attached hydrogens (tertiary/aromatic N) is 2. The summed E-state index contributed by atoms with van der Waals surface area (Å²) in [5.74, 6) is -0.254. The largest absolute Gasteiger partial charge is 0.495 e. The highest BCUT2D eigenvalue weighted by atomic mass is 32.1. The minimum atomic E-state index is -0.734. The lowest BCUT2D eigenvalue weighted by atomic mass is 10.2. The molecule has 0 saturated carbocycles. The number of aryl methyl sites for hydroxylation is 1. The van der Waals surface area contributed by atoms with Crippen LogP contribution in [-0.4, -0.2) is 27.6 Å². The fourth-order valence-electron chi connectivity index (χ4n) is 3.22. The van der Waals surface area contributed by atoms with Crippen LogP contribution < -0.4 is 21.3 Å². The average molecular weight is 449 g/mol. The third kappa shape index (κ3) is 4.10. The van der Waals surface area contributed by atoms with Crippen molar-refractivity contribution in [3.8, 4) is 22.0 Å². The number of H-pyrrole nitrogens is 1. The van der Waals surface area contributed by atoms with Gasteiger partial charge in [-0.15, -0.1) is 11.3 Å². The molecule has 0 fully saturated rings. The van der Waals surface area contributed by atoms with Crippen LogP contribution in [0.15, 0.2) is 70.4 Å². The SMILES string of the molecule is COc1ccccc1-n1c(=O)[nH]cc(C(=O)NCc2sc(-c3ccccc3)nc2C)c1=O. The van der Waals surface area contributed by atoms with Crippen LogP contribution in [0.5, 0.6) is 5.75 Å². The molecule has 0 aliphatic rings. The second kappa shape index (κ2) is 9.03. The van der Waals surface area contributed by atoms with E-state index in [2.05, 4.69) is 15.3 Å². The molecule has 4 aromatic rings. The molecule has 0 atom stereocenters. The van der Waals surface area contributed by atoms with Gasteiger partial charge in [0, 0.05) is 16.6 Å². The molecule has 0 saturated heterocycles. The van der Waals surface area contributed by atoms with Gasteiger partial charge >= 0.3 is 5.69 Å². The molecular formula is C23H20N4O4S. The monoisotopic (exact) mass is 448 g/mol. The second-order valence-electron chi connectivity index (χ2n) is 6.90. The van der Waals surface area contributed by atoms with Crippen molar-refractivity contribution in [3.05, 3.63) is 97.8 Å². The van der Waals surface area contributed by atoms with Crippen LogP contribution in [0.2, 0.25) is 0 Å². The summed E-state index contributed by atoms with van der Waals surface area (Å²) < 4.78 is 6.14. The van der Waals surface area contributed by atoms with Crippen molar-refractivity contribution >= 4 is 17.2 Å². The number of ether oxygens (including phenoxy) is 1. The molecule has 0 aliphatic heterocycles. The summed E-state index contributed by atoms with van der Waals surface area (Å²) in [6, 6.07) is 16.4. The molecule has 0 aliphatic carbocycles. The van der Waals surface area contributed by atoms with E-state index in [0.29, 0.717) is 5.75 Å². The van der Waals surface area contributed by atoms with Gasteiger partial charge < -0.3 is 15.0 Å². The molecule has 4 rings (SSSR count). The highest BCUT2D eigenvalue weighted by Crippen LogP contribution is 2.27. The Kier molecular flexibility index (Phi) is 6.00. The molecule has 32 heavy (non-hydrogen) atoms. The Balaban J connectivity index is 1.60. The predicted molar refractivity (Wildman–Crippen MR) is 123 cm³/mol. The Morgan fingerprint density at radius 2 is 1.84 bits per heavy atom. The van der Waals surface area contributed by atoms with Crippen molar-refractivity contribution in [1.29, 1.82) is 0 Å². The zero-order valence-corrected chi connectivity index (χ0v) is 18.2. The number of thiazole rings is 1. The third-order valence-electron chi connectivity index (χ3n) is 4.87. The van der Waals surface area contributed by atoms with Crippen molar-refractivity contribution in [2.45, 2.75) is 13.5 Å². The average Bonchev–Trinajstić information content (AvgIpc) is 3.19. The van der Waals surface area contributed by atoms with Crippen LogP contribution in [0, 0.1) is 6.92 Å². The number of carbonyl (C=O) groups excluding carboxylic acids is 1. The number of aromatic nitrogens is 3. The van der Waals surface area contributed by atoms with Gasteiger partial charge in [-0.3, -0.25) is 9.59 Å². The van der Waals surface area contributed by atoms with E-state index in [1.54, 1.807) is 24.3 Å². The van der Waals surface area contributed by atoms with Gasteiger partial charge in [0.2, 0.25) is 0 Å². The van der Waals surface area contributed by atoms with Gasteiger partial charge in [-0.05, 0) is 19.1 Å². The van der Waals surface area contributed by atoms with Gasteiger partial charge in [-0.25, -0.2) is 14.3 Å². The van der Waals surface area contributed by atoms with Gasteiger partial charge in [0.15, 0.2) is 0 Å². The maximum absolute atomic E-state index is 13.0. The zero-order valence-electron chi connectivity index (χ0n) is 17.4. The van der Waals surface area contributed by atoms with Crippen molar-refractivity contribution in [2.75, 3.05) is 7.11 Å². The molecule has 2 aromatic carbocycles. The molecule has 2 heterocycles. The van der Waals surface area contributed by atoms with E-state index >= 15 is 0 Å². The summed E-state index contributed by atoms with van der Waals surface area (Å²) in [6.45, 7) is 2.08. The van der Waals surface area contributed by atoms with Crippen LogP contribution in [0.4, 0.5) is 0 Å². The number of carbonyl (C=O) groups is 1. The first-order valence-electron chi connectivity index (χ1n) is 9.77.